The molecule has 60 valence electrons. The number of amides is 1. The third-order valence-electron chi connectivity index (χ3n) is 1.70. The monoisotopic (exact) mass is 162 g/mol. The predicted molar refractivity (Wildman–Crippen MR) is 45.3 cm³/mol. The summed E-state index contributed by atoms with van der Waals surface area (Å²) in [6.07, 6.45) is 0.953. The summed E-state index contributed by atoms with van der Waals surface area (Å²) in [5.41, 5.74) is 5.11. The zero-order chi connectivity index (χ0) is 8.15. The quantitative estimate of drug-likeness (QED) is 0.583. The molecule has 0 aromatic carbocycles. The Morgan fingerprint density at radius 1 is 1.80 bits per heavy atom. The van der Waals surface area contributed by atoms with Gasteiger partial charge in [0.2, 0.25) is 5.91 Å². The summed E-state index contributed by atoms with van der Waals surface area (Å²) >= 11 is 0. The number of rotatable bonds is 4. The topological polar surface area (TPSA) is 55.1 Å². The summed E-state index contributed by atoms with van der Waals surface area (Å²) in [6, 6.07) is -0.213. The van der Waals surface area contributed by atoms with E-state index in [0.29, 0.717) is 5.92 Å². The molecule has 0 bridgehead atoms. The lowest BCUT2D eigenvalue weighted by molar-refractivity contribution is -0.120. The van der Waals surface area contributed by atoms with Crippen LogP contribution in [0.3, 0.4) is 0 Å². The van der Waals surface area contributed by atoms with Crippen LogP contribution in [0.5, 0.6) is 0 Å². The number of hydrogen-bond donors (Lipinski definition) is 2. The second kappa shape index (κ2) is 4.64. The summed E-state index contributed by atoms with van der Waals surface area (Å²) in [5, 5.41) is 2.79. The van der Waals surface area contributed by atoms with Crippen molar-refractivity contribution in [3.05, 3.63) is 0 Å². The van der Waals surface area contributed by atoms with E-state index in [9.17, 15) is 4.79 Å². The highest BCUT2D eigenvalue weighted by molar-refractivity contribution is 7.13. The molecule has 10 heavy (non-hydrogen) atoms. The molecule has 0 rings (SSSR count). The van der Waals surface area contributed by atoms with Crippen molar-refractivity contribution in [2.75, 3.05) is 0 Å². The molecule has 4 heteroatoms. The largest absolute Gasteiger partial charge is 0.368 e. The van der Waals surface area contributed by atoms with E-state index in [4.69, 9.17) is 5.73 Å². The van der Waals surface area contributed by atoms with E-state index >= 15 is 0 Å². The molecular formula is C6H15N2OP. The van der Waals surface area contributed by atoms with Crippen molar-refractivity contribution in [2.24, 2.45) is 11.7 Å². The number of nitrogens with two attached hydrogens (primary N) is 1. The Morgan fingerprint density at radius 2 is 2.30 bits per heavy atom. The predicted octanol–water partition coefficient (Wildman–Crippen LogP) is 0.266. The molecule has 3 N–H and O–H groups in total. The van der Waals surface area contributed by atoms with Gasteiger partial charge < -0.3 is 5.73 Å². The number of hydrogen-bond acceptors (Lipinski definition) is 2. The fourth-order valence-corrected chi connectivity index (χ4v) is 1.26. The maximum absolute atomic E-state index is 10.7. The van der Waals surface area contributed by atoms with Crippen LogP contribution in [0.1, 0.15) is 20.3 Å². The van der Waals surface area contributed by atoms with E-state index in [-0.39, 0.29) is 11.9 Å². The molecule has 3 nitrogen and oxygen atoms in total. The van der Waals surface area contributed by atoms with Gasteiger partial charge in [0.15, 0.2) is 0 Å². The molecule has 1 amide bonds. The van der Waals surface area contributed by atoms with Gasteiger partial charge in [-0.1, -0.05) is 29.7 Å². The first-order chi connectivity index (χ1) is 4.63. The van der Waals surface area contributed by atoms with Crippen molar-refractivity contribution >= 4 is 15.3 Å². The van der Waals surface area contributed by atoms with Crippen LogP contribution in [-0.4, -0.2) is 11.9 Å². The number of nitrogens with one attached hydrogen (secondary N) is 1. The van der Waals surface area contributed by atoms with Crippen LogP contribution in [0.25, 0.3) is 0 Å². The normalized spacial score (nSPS) is 16.3. The Bertz CT molecular complexity index is 118. The van der Waals surface area contributed by atoms with Crippen molar-refractivity contribution < 1.29 is 4.79 Å². The van der Waals surface area contributed by atoms with Crippen LogP contribution in [-0.2, 0) is 4.79 Å². The number of carbonyl (C=O) groups excluding carboxylic acids is 1. The molecule has 0 aliphatic heterocycles. The van der Waals surface area contributed by atoms with Crippen molar-refractivity contribution in [1.82, 2.24) is 5.09 Å². The minimum atomic E-state index is -0.288. The smallest absolute Gasteiger partial charge is 0.235 e. The molecule has 0 aromatic rings. The summed E-state index contributed by atoms with van der Waals surface area (Å²) in [4.78, 5) is 10.7. The molecule has 0 aliphatic carbocycles. The van der Waals surface area contributed by atoms with Gasteiger partial charge in [-0.05, 0) is 5.92 Å². The number of carbonyl (C=O) groups is 1. The Labute approximate surface area is 64.0 Å². The maximum atomic E-state index is 10.7. The average Bonchev–Trinajstić information content (AvgIpc) is 1.88. The van der Waals surface area contributed by atoms with Crippen molar-refractivity contribution in [3.8, 4) is 0 Å². The van der Waals surface area contributed by atoms with Crippen LogP contribution in [0.15, 0.2) is 0 Å². The highest BCUT2D eigenvalue weighted by Gasteiger charge is 2.18. The fourth-order valence-electron chi connectivity index (χ4n) is 0.763. The second-order valence-corrected chi connectivity index (χ2v) is 2.77. The van der Waals surface area contributed by atoms with Gasteiger partial charge in [0, 0.05) is 0 Å². The first-order valence-electron chi connectivity index (χ1n) is 3.38. The van der Waals surface area contributed by atoms with Crippen LogP contribution in [0, 0.1) is 5.92 Å². The van der Waals surface area contributed by atoms with Crippen molar-refractivity contribution in [2.45, 2.75) is 26.3 Å². The lowest BCUT2D eigenvalue weighted by Gasteiger charge is -2.17. The van der Waals surface area contributed by atoms with E-state index in [0.717, 1.165) is 6.42 Å². The van der Waals surface area contributed by atoms with Gasteiger partial charge in [-0.3, -0.25) is 9.88 Å². The Balaban J connectivity index is 3.92. The van der Waals surface area contributed by atoms with Crippen LogP contribution in [0.4, 0.5) is 0 Å². The highest BCUT2D eigenvalue weighted by Crippen LogP contribution is 2.07. The van der Waals surface area contributed by atoms with E-state index in [2.05, 4.69) is 14.5 Å². The maximum Gasteiger partial charge on any atom is 0.235 e. The zero-order valence-electron chi connectivity index (χ0n) is 6.42. The Morgan fingerprint density at radius 3 is 2.40 bits per heavy atom. The molecule has 0 radical (unpaired) electrons. The molecule has 3 unspecified atom stereocenters. The first-order valence-corrected chi connectivity index (χ1v) is 3.96. The molecule has 0 spiro atoms. The van der Waals surface area contributed by atoms with Gasteiger partial charge in [0.1, 0.15) is 0 Å². The van der Waals surface area contributed by atoms with Gasteiger partial charge in [-0.2, -0.15) is 0 Å². The van der Waals surface area contributed by atoms with Gasteiger partial charge >= 0.3 is 0 Å². The summed E-state index contributed by atoms with van der Waals surface area (Å²) in [7, 11) is 2.31. The molecule has 0 fully saturated rings. The Hall–Kier alpha value is -0.140. The van der Waals surface area contributed by atoms with E-state index < -0.39 is 0 Å². The summed E-state index contributed by atoms with van der Waals surface area (Å²) in [6.45, 7) is 4.02. The van der Waals surface area contributed by atoms with Crippen LogP contribution < -0.4 is 10.8 Å². The molecule has 0 saturated heterocycles. The highest BCUT2D eigenvalue weighted by atomic mass is 31.0. The lowest BCUT2D eigenvalue weighted by atomic mass is 10.00. The second-order valence-electron chi connectivity index (χ2n) is 2.43. The molecule has 0 heterocycles. The van der Waals surface area contributed by atoms with Crippen molar-refractivity contribution in [1.29, 1.82) is 0 Å². The third-order valence-corrected chi connectivity index (χ3v) is 2.06. The fraction of sp³-hybridized carbons (Fsp3) is 0.833. The minimum Gasteiger partial charge on any atom is -0.368 e. The molecule has 0 saturated carbocycles. The van der Waals surface area contributed by atoms with Crippen LogP contribution in [0.2, 0.25) is 0 Å². The van der Waals surface area contributed by atoms with Gasteiger partial charge in [0.25, 0.3) is 0 Å². The van der Waals surface area contributed by atoms with Crippen molar-refractivity contribution in [3.63, 3.8) is 0 Å². The average molecular weight is 162 g/mol. The van der Waals surface area contributed by atoms with Crippen LogP contribution >= 0.6 is 9.39 Å². The minimum absolute atomic E-state index is 0.213. The van der Waals surface area contributed by atoms with E-state index in [1.54, 1.807) is 0 Å². The Kier molecular flexibility index (Phi) is 4.58. The zero-order valence-corrected chi connectivity index (χ0v) is 7.58. The van der Waals surface area contributed by atoms with Gasteiger partial charge in [0.05, 0.1) is 6.04 Å². The first kappa shape index (κ1) is 9.86. The lowest BCUT2D eigenvalue weighted by Crippen LogP contribution is -2.41. The molecule has 0 aromatic heterocycles. The summed E-state index contributed by atoms with van der Waals surface area (Å²) in [5.74, 6) is 0.0133. The SMILES string of the molecule is CCC(C)C(NP)C(N)=O. The third kappa shape index (κ3) is 2.63. The molecule has 0 aliphatic rings. The van der Waals surface area contributed by atoms with E-state index in [1.165, 1.54) is 0 Å². The number of primary amides is 1. The molecular weight excluding hydrogens is 147 g/mol. The van der Waals surface area contributed by atoms with Gasteiger partial charge in [-0.25, -0.2) is 0 Å². The molecule has 3 atom stereocenters. The van der Waals surface area contributed by atoms with E-state index in [1.807, 2.05) is 13.8 Å². The standard InChI is InChI=1S/C6H15N2OP/c1-3-4(2)5(8-10)6(7)9/h4-5,8H,3,10H2,1-2H3,(H2,7,9). The van der Waals surface area contributed by atoms with Gasteiger partial charge in [-0.15, -0.1) is 0 Å². The summed E-state index contributed by atoms with van der Waals surface area (Å²) < 4.78 is 0.